The van der Waals surface area contributed by atoms with E-state index >= 15 is 0 Å². The van der Waals surface area contributed by atoms with Crippen LogP contribution in [-0.4, -0.2) is 5.78 Å². The van der Waals surface area contributed by atoms with Gasteiger partial charge in [-0.15, -0.1) is 0 Å². The van der Waals surface area contributed by atoms with Gasteiger partial charge in [0.25, 0.3) is 0 Å². The van der Waals surface area contributed by atoms with E-state index in [-0.39, 0.29) is 11.2 Å². The van der Waals surface area contributed by atoms with Crippen LogP contribution in [0.5, 0.6) is 0 Å². The molecule has 1 atom stereocenters. The molecule has 0 aliphatic carbocycles. The first-order valence-corrected chi connectivity index (χ1v) is 5.91. The number of carbonyl (C=O) groups is 1. The summed E-state index contributed by atoms with van der Waals surface area (Å²) in [6, 6.07) is 1.91. The van der Waals surface area contributed by atoms with Crippen molar-refractivity contribution < 1.29 is 4.79 Å². The summed E-state index contributed by atoms with van der Waals surface area (Å²) in [7, 11) is 0. The van der Waals surface area contributed by atoms with E-state index in [1.165, 1.54) is 0 Å². The third-order valence-electron chi connectivity index (χ3n) is 2.81. The Hall–Kier alpha value is -0.630. The van der Waals surface area contributed by atoms with Crippen LogP contribution in [0, 0.1) is 11.3 Å². The first-order valence-electron chi connectivity index (χ1n) is 4.96. The number of ketones is 1. The molecule has 0 aliphatic heterocycles. The number of Topliss-reactive ketones (excluding diaryl/α,β-unsaturated/α-hetero) is 1. The minimum Gasteiger partial charge on any atom is -0.294 e. The van der Waals surface area contributed by atoms with E-state index < -0.39 is 0 Å². The van der Waals surface area contributed by atoms with E-state index in [9.17, 15) is 4.79 Å². The second-order valence-electron chi connectivity index (χ2n) is 4.91. The average Bonchev–Trinajstić information content (AvgIpc) is 2.53. The minimum atomic E-state index is 0.214. The van der Waals surface area contributed by atoms with E-state index in [0.717, 1.165) is 5.56 Å². The molecular weight excluding hydrogens is 192 g/mol. The van der Waals surface area contributed by atoms with Crippen LogP contribution >= 0.6 is 11.3 Å². The number of rotatable bonds is 3. The lowest BCUT2D eigenvalue weighted by molar-refractivity contribution is 0.0928. The molecule has 14 heavy (non-hydrogen) atoms. The summed E-state index contributed by atoms with van der Waals surface area (Å²) in [4.78, 5) is 11.8. The van der Waals surface area contributed by atoms with Gasteiger partial charge in [-0.25, -0.2) is 0 Å². The zero-order chi connectivity index (χ0) is 10.8. The van der Waals surface area contributed by atoms with Crippen molar-refractivity contribution in [2.75, 3.05) is 0 Å². The van der Waals surface area contributed by atoms with Crippen LogP contribution in [0.4, 0.5) is 0 Å². The first kappa shape index (κ1) is 11.4. The second-order valence-corrected chi connectivity index (χ2v) is 5.69. The van der Waals surface area contributed by atoms with Gasteiger partial charge in [-0.05, 0) is 22.8 Å². The maximum Gasteiger partial charge on any atom is 0.163 e. The monoisotopic (exact) mass is 210 g/mol. The van der Waals surface area contributed by atoms with Gasteiger partial charge in [0.15, 0.2) is 5.78 Å². The van der Waals surface area contributed by atoms with Gasteiger partial charge in [-0.3, -0.25) is 4.79 Å². The van der Waals surface area contributed by atoms with E-state index in [1.54, 1.807) is 11.3 Å². The smallest absolute Gasteiger partial charge is 0.163 e. The van der Waals surface area contributed by atoms with Crippen LogP contribution in [0.15, 0.2) is 16.8 Å². The highest BCUT2D eigenvalue weighted by Crippen LogP contribution is 2.29. The number of hydrogen-bond acceptors (Lipinski definition) is 2. The normalized spacial score (nSPS) is 14.0. The third-order valence-corrected chi connectivity index (χ3v) is 3.50. The molecule has 0 amide bonds. The lowest BCUT2D eigenvalue weighted by Gasteiger charge is -2.26. The van der Waals surface area contributed by atoms with Gasteiger partial charge >= 0.3 is 0 Å². The van der Waals surface area contributed by atoms with Crippen molar-refractivity contribution in [2.45, 2.75) is 34.1 Å². The summed E-state index contributed by atoms with van der Waals surface area (Å²) in [6.45, 7) is 8.68. The molecule has 0 aromatic carbocycles. The Morgan fingerprint density at radius 1 is 1.50 bits per heavy atom. The molecule has 0 fully saturated rings. The lowest BCUT2D eigenvalue weighted by atomic mass is 9.79. The Morgan fingerprint density at radius 3 is 2.57 bits per heavy atom. The number of thiophene rings is 1. The molecule has 0 bridgehead atoms. The van der Waals surface area contributed by atoms with Gasteiger partial charge in [0, 0.05) is 17.4 Å². The predicted molar refractivity (Wildman–Crippen MR) is 61.9 cm³/mol. The van der Waals surface area contributed by atoms with Gasteiger partial charge in [0.1, 0.15) is 0 Å². The Labute approximate surface area is 90.2 Å². The molecule has 1 nitrogen and oxygen atoms in total. The van der Waals surface area contributed by atoms with Crippen molar-refractivity contribution in [3.05, 3.63) is 22.4 Å². The van der Waals surface area contributed by atoms with E-state index in [4.69, 9.17) is 0 Å². The quantitative estimate of drug-likeness (QED) is 0.689. The summed E-state index contributed by atoms with van der Waals surface area (Å²) in [6.07, 6.45) is 0.653. The van der Waals surface area contributed by atoms with Gasteiger partial charge in [-0.1, -0.05) is 27.7 Å². The molecule has 1 rings (SSSR count). The molecule has 0 aliphatic rings. The fourth-order valence-corrected chi connectivity index (χ4v) is 1.79. The van der Waals surface area contributed by atoms with Crippen LogP contribution in [0.3, 0.4) is 0 Å². The van der Waals surface area contributed by atoms with Crippen LogP contribution in [0.25, 0.3) is 0 Å². The van der Waals surface area contributed by atoms with Gasteiger partial charge < -0.3 is 0 Å². The molecule has 2 heteroatoms. The van der Waals surface area contributed by atoms with Crippen molar-refractivity contribution >= 4 is 17.1 Å². The molecule has 0 saturated carbocycles. The van der Waals surface area contributed by atoms with Crippen molar-refractivity contribution in [2.24, 2.45) is 11.3 Å². The van der Waals surface area contributed by atoms with Crippen LogP contribution in [0.2, 0.25) is 0 Å². The van der Waals surface area contributed by atoms with E-state index in [0.29, 0.717) is 12.3 Å². The van der Waals surface area contributed by atoms with E-state index in [1.807, 2.05) is 16.8 Å². The maximum atomic E-state index is 11.8. The molecule has 78 valence electrons. The van der Waals surface area contributed by atoms with Crippen molar-refractivity contribution in [3.8, 4) is 0 Å². The predicted octanol–water partition coefficient (Wildman–Crippen LogP) is 4.00. The van der Waals surface area contributed by atoms with Gasteiger partial charge in [0.05, 0.1) is 0 Å². The SMILES string of the molecule is CC(CC(=O)c1ccsc1)C(C)(C)C. The highest BCUT2D eigenvalue weighted by molar-refractivity contribution is 7.08. The zero-order valence-electron chi connectivity index (χ0n) is 9.33. The molecule has 1 aromatic rings. The fourth-order valence-electron chi connectivity index (χ4n) is 1.13. The Balaban J connectivity index is 2.58. The van der Waals surface area contributed by atoms with Crippen LogP contribution in [0.1, 0.15) is 44.5 Å². The molecular formula is C12H18OS. The molecule has 0 saturated heterocycles. The number of hydrogen-bond donors (Lipinski definition) is 0. The van der Waals surface area contributed by atoms with Crippen LogP contribution < -0.4 is 0 Å². The standard InChI is InChI=1S/C12H18OS/c1-9(12(2,3)4)7-11(13)10-5-6-14-8-10/h5-6,8-9H,7H2,1-4H3. The van der Waals surface area contributed by atoms with Crippen LogP contribution in [-0.2, 0) is 0 Å². The molecule has 0 N–H and O–H groups in total. The fraction of sp³-hybridized carbons (Fsp3) is 0.583. The summed E-state index contributed by atoms with van der Waals surface area (Å²) >= 11 is 1.58. The molecule has 0 radical (unpaired) electrons. The average molecular weight is 210 g/mol. The largest absolute Gasteiger partial charge is 0.294 e. The molecule has 1 aromatic heterocycles. The second kappa shape index (κ2) is 4.26. The van der Waals surface area contributed by atoms with Crippen molar-refractivity contribution in [3.63, 3.8) is 0 Å². The topological polar surface area (TPSA) is 17.1 Å². The Morgan fingerprint density at radius 2 is 2.14 bits per heavy atom. The summed E-state index contributed by atoms with van der Waals surface area (Å²) in [5.41, 5.74) is 1.08. The highest BCUT2D eigenvalue weighted by atomic mass is 32.1. The molecule has 1 heterocycles. The van der Waals surface area contributed by atoms with E-state index in [2.05, 4.69) is 27.7 Å². The summed E-state index contributed by atoms with van der Waals surface area (Å²) in [5.74, 6) is 0.698. The molecule has 1 unspecified atom stereocenters. The number of carbonyl (C=O) groups excluding carboxylic acids is 1. The minimum absolute atomic E-state index is 0.214. The Bertz CT molecular complexity index is 293. The third kappa shape index (κ3) is 2.95. The summed E-state index contributed by atoms with van der Waals surface area (Å²) in [5, 5.41) is 3.88. The zero-order valence-corrected chi connectivity index (χ0v) is 10.1. The maximum absolute atomic E-state index is 11.8. The van der Waals surface area contributed by atoms with Crippen molar-refractivity contribution in [1.82, 2.24) is 0 Å². The first-order chi connectivity index (χ1) is 6.41. The lowest BCUT2D eigenvalue weighted by Crippen LogP contribution is -2.20. The van der Waals surface area contributed by atoms with Crippen molar-refractivity contribution in [1.29, 1.82) is 0 Å². The Kier molecular flexibility index (Phi) is 3.48. The van der Waals surface area contributed by atoms with Gasteiger partial charge in [0.2, 0.25) is 0 Å². The highest BCUT2D eigenvalue weighted by Gasteiger charge is 2.22. The molecule has 0 spiro atoms. The van der Waals surface area contributed by atoms with Gasteiger partial charge in [-0.2, -0.15) is 11.3 Å². The summed E-state index contributed by atoms with van der Waals surface area (Å²) < 4.78 is 0.